The molecule has 2 aliphatic heterocycles. The maximum absolute atomic E-state index is 14.0. The fourth-order valence-electron chi connectivity index (χ4n) is 12.4. The quantitative estimate of drug-likeness (QED) is 0.0794. The highest BCUT2D eigenvalue weighted by atomic mass is 32.1. The minimum atomic E-state index is -1.48. The number of ether oxygens (including phenoxy) is 3. The number of amides is 6. The predicted molar refractivity (Wildman–Crippen MR) is 275 cm³/mol. The topological polar surface area (TPSA) is 333 Å². The van der Waals surface area contributed by atoms with E-state index in [2.05, 4.69) is 38.0 Å². The third kappa shape index (κ3) is 11.6. The van der Waals surface area contributed by atoms with Crippen molar-refractivity contribution in [2.75, 3.05) is 23.8 Å². The van der Waals surface area contributed by atoms with Crippen LogP contribution in [-0.4, -0.2) is 122 Å². The second-order valence-corrected chi connectivity index (χ2v) is 21.7. The van der Waals surface area contributed by atoms with Gasteiger partial charge in [-0.25, -0.2) is 14.6 Å². The lowest BCUT2D eigenvalue weighted by atomic mass is 9.46. The highest BCUT2D eigenvalue weighted by Gasteiger charge is 2.76. The van der Waals surface area contributed by atoms with Gasteiger partial charge in [0, 0.05) is 64.8 Å². The zero-order valence-electron chi connectivity index (χ0n) is 43.0. The minimum absolute atomic E-state index is 0.0336. The van der Waals surface area contributed by atoms with Crippen LogP contribution >= 0.6 is 11.3 Å². The van der Waals surface area contributed by atoms with Gasteiger partial charge in [0.1, 0.15) is 19.3 Å². The van der Waals surface area contributed by atoms with Crippen LogP contribution in [-0.2, 0) is 75.2 Å². The number of benzene rings is 2. The van der Waals surface area contributed by atoms with E-state index in [9.17, 15) is 63.3 Å². The van der Waals surface area contributed by atoms with Gasteiger partial charge >= 0.3 is 18.0 Å². The van der Waals surface area contributed by atoms with Crippen LogP contribution in [0.5, 0.6) is 0 Å². The first kappa shape index (κ1) is 56.0. The van der Waals surface area contributed by atoms with E-state index in [1.54, 1.807) is 29.7 Å². The van der Waals surface area contributed by atoms with Crippen molar-refractivity contribution in [3.05, 3.63) is 112 Å². The minimum Gasteiger partial charge on any atom is -0.481 e. The standard InChI is InChI=1S/C55H58N6O17S/c1-53-20-19-35(63)22-32(53)9-12-36-37-23-41-55(40(65)26-62,54(37,2)24-39(64)48(36)53)77-50(76-41)31-7-3-29(4-8-31)21-34-28-79-51(58-34)60-52(74)75-27-30-5-10-33(11-6-30)57-49(73)38(13-17-46(70)71)59-43(67)25-56-42(66)14-18-47(72)78-61-44(68)15-16-45(61)69/h3-8,10-11,15-16,19-20,22,28,36-39,41,48,50,62,64H,9,12-14,17-18,21,23-27H2,1-2H3,(H,56,66)(H,57,73)(H,59,67)(H,70,71)(H,58,60,74)/t36-,37-,38-,39-,41+,48+,50+,53-,54-,55+/m0/s1. The van der Waals surface area contributed by atoms with E-state index in [4.69, 9.17) is 14.2 Å². The van der Waals surface area contributed by atoms with Gasteiger partial charge in [0.15, 0.2) is 28.6 Å². The van der Waals surface area contributed by atoms with Gasteiger partial charge < -0.3 is 50.3 Å². The smallest absolute Gasteiger partial charge is 0.413 e. The van der Waals surface area contributed by atoms with Gasteiger partial charge in [0.05, 0.1) is 30.9 Å². The molecule has 3 heterocycles. The number of carbonyl (C=O) groups excluding carboxylic acids is 9. The lowest BCUT2D eigenvalue weighted by Crippen LogP contribution is -2.63. The number of allylic oxidation sites excluding steroid dienone is 4. The van der Waals surface area contributed by atoms with Gasteiger partial charge in [-0.2, -0.15) is 0 Å². The summed E-state index contributed by atoms with van der Waals surface area (Å²) in [6.45, 7) is 2.56. The van der Waals surface area contributed by atoms with Gasteiger partial charge in [0.25, 0.3) is 11.8 Å². The molecule has 3 aromatic rings. The van der Waals surface area contributed by atoms with Crippen molar-refractivity contribution in [1.29, 1.82) is 0 Å². The Kier molecular flexibility index (Phi) is 16.2. The maximum atomic E-state index is 14.0. The summed E-state index contributed by atoms with van der Waals surface area (Å²) in [5.41, 5.74) is 1.30. The summed E-state index contributed by atoms with van der Waals surface area (Å²) in [6.07, 6.45) is 4.85. The molecule has 23 nitrogen and oxygen atoms in total. The number of imide groups is 1. The van der Waals surface area contributed by atoms with Crippen molar-refractivity contribution in [2.45, 2.75) is 108 Å². The normalized spacial score (nSPS) is 27.6. The van der Waals surface area contributed by atoms with Crippen molar-refractivity contribution in [3.8, 4) is 0 Å². The molecular weight excluding hydrogens is 1050 g/mol. The van der Waals surface area contributed by atoms with E-state index in [0.29, 0.717) is 41.2 Å². The number of aliphatic hydroxyl groups is 2. The molecule has 2 aromatic carbocycles. The average molecular weight is 1110 g/mol. The number of carbonyl (C=O) groups is 10. The molecule has 4 aliphatic carbocycles. The second-order valence-electron chi connectivity index (χ2n) is 20.9. The van der Waals surface area contributed by atoms with Gasteiger partial charge in [-0.05, 0) is 79.4 Å². The highest BCUT2D eigenvalue weighted by Crippen LogP contribution is 2.70. The molecule has 0 unspecified atom stereocenters. The summed E-state index contributed by atoms with van der Waals surface area (Å²) in [5, 5.41) is 43.7. The third-order valence-corrected chi connectivity index (χ3v) is 16.9. The molecule has 6 amide bonds. The average Bonchev–Trinajstić information content (AvgIpc) is 1.98. The van der Waals surface area contributed by atoms with Crippen molar-refractivity contribution >= 4 is 81.3 Å². The van der Waals surface area contributed by atoms with Crippen LogP contribution in [0.1, 0.15) is 93.9 Å². The number of aliphatic carboxylic acids is 1. The third-order valence-electron chi connectivity index (χ3n) is 16.0. The number of hydroxylamine groups is 2. The van der Waals surface area contributed by atoms with Gasteiger partial charge in [0.2, 0.25) is 17.7 Å². The number of aliphatic hydroxyl groups excluding tert-OH is 2. The van der Waals surface area contributed by atoms with Gasteiger partial charge in [-0.3, -0.25) is 43.7 Å². The van der Waals surface area contributed by atoms with Crippen molar-refractivity contribution < 1.29 is 82.3 Å². The zero-order chi connectivity index (χ0) is 56.4. The van der Waals surface area contributed by atoms with E-state index in [1.807, 2.05) is 37.3 Å². The number of carboxylic acid groups (broad SMARTS) is 1. The fraction of sp³-hybridized carbons (Fsp3) is 0.436. The number of anilines is 2. The number of thiazole rings is 1. The van der Waals surface area contributed by atoms with Crippen molar-refractivity contribution in [3.63, 3.8) is 0 Å². The number of rotatable bonds is 20. The molecule has 7 N–H and O–H groups in total. The summed E-state index contributed by atoms with van der Waals surface area (Å²) in [4.78, 5) is 133. The molecule has 9 rings (SSSR count). The first-order chi connectivity index (χ1) is 37.7. The number of nitrogens with zero attached hydrogens (tertiary/aromatic N) is 2. The van der Waals surface area contributed by atoms with E-state index < -0.39 is 127 Å². The Bertz CT molecular complexity index is 3050. The number of fused-ring (bicyclic) bond motifs is 7. The van der Waals surface area contributed by atoms with Crippen LogP contribution in [0.25, 0.3) is 0 Å². The summed E-state index contributed by atoms with van der Waals surface area (Å²) < 4.78 is 18.7. The lowest BCUT2D eigenvalue weighted by Gasteiger charge is -2.59. The molecule has 0 radical (unpaired) electrons. The number of nitrogens with one attached hydrogen (secondary N) is 4. The summed E-state index contributed by atoms with van der Waals surface area (Å²) in [7, 11) is 0. The Hall–Kier alpha value is -7.77. The zero-order valence-corrected chi connectivity index (χ0v) is 43.8. The van der Waals surface area contributed by atoms with Crippen molar-refractivity contribution in [2.24, 2.45) is 28.6 Å². The number of hydrogen-bond donors (Lipinski definition) is 7. The fourth-order valence-corrected chi connectivity index (χ4v) is 13.1. The van der Waals surface area contributed by atoms with Crippen LogP contribution in [0.15, 0.2) is 89.9 Å². The molecule has 416 valence electrons. The summed E-state index contributed by atoms with van der Waals surface area (Å²) in [5.74, 6) is -7.03. The van der Waals surface area contributed by atoms with Crippen molar-refractivity contribution in [1.82, 2.24) is 20.7 Å². The number of carboxylic acids is 1. The Morgan fingerprint density at radius 1 is 0.911 bits per heavy atom. The van der Waals surface area contributed by atoms with Crippen LogP contribution in [0.4, 0.5) is 15.6 Å². The Labute approximate surface area is 455 Å². The van der Waals surface area contributed by atoms with Crippen LogP contribution < -0.4 is 21.3 Å². The molecule has 10 atom stereocenters. The SMILES string of the molecule is C[C@]12C=CC(=O)C=C1CC[C@@H]1[C@@H]2[C@@H](O)C[C@@]2(C)[C@H]1C[C@H]1O[C@@H](c3ccc(Cc4csc(NC(=O)OCc5ccc(NC(=O)[C@H](CCC(=O)O)NC(=O)CNC(=O)CCC(=O)ON6C(=O)C=CC6=O)cc5)n4)cc3)O[C@]12C(=O)CO. The Balaban J connectivity index is 0.721. The number of Topliss-reactive ketones (excluding diaryl/α,β-unsaturated/α-hetero) is 1. The molecular formula is C55H58N6O17S. The maximum Gasteiger partial charge on any atom is 0.413 e. The second kappa shape index (κ2) is 22.9. The first-order valence-corrected chi connectivity index (χ1v) is 26.6. The summed E-state index contributed by atoms with van der Waals surface area (Å²) >= 11 is 1.20. The largest absolute Gasteiger partial charge is 0.481 e. The molecule has 0 bridgehead atoms. The van der Waals surface area contributed by atoms with E-state index in [1.165, 1.54) is 23.5 Å². The van der Waals surface area contributed by atoms with E-state index in [-0.39, 0.29) is 53.7 Å². The molecule has 79 heavy (non-hydrogen) atoms. The number of hydrogen-bond acceptors (Lipinski definition) is 18. The van der Waals surface area contributed by atoms with E-state index in [0.717, 1.165) is 29.7 Å². The number of aromatic nitrogens is 1. The van der Waals surface area contributed by atoms with Crippen LogP contribution in [0, 0.1) is 28.6 Å². The molecule has 3 saturated carbocycles. The predicted octanol–water partition coefficient (Wildman–Crippen LogP) is 3.65. The highest BCUT2D eigenvalue weighted by molar-refractivity contribution is 7.13. The van der Waals surface area contributed by atoms with Gasteiger partial charge in [-0.15, -0.1) is 11.3 Å². The van der Waals surface area contributed by atoms with Crippen LogP contribution in [0.2, 0.25) is 0 Å². The molecule has 6 aliphatic rings. The first-order valence-electron chi connectivity index (χ1n) is 25.7. The Morgan fingerprint density at radius 3 is 2.34 bits per heavy atom. The number of ketones is 2. The molecule has 4 fully saturated rings. The molecule has 1 aromatic heterocycles. The summed E-state index contributed by atoms with van der Waals surface area (Å²) in [6, 6.07) is 12.3. The van der Waals surface area contributed by atoms with Crippen LogP contribution in [0.3, 0.4) is 0 Å². The molecule has 24 heteroatoms. The molecule has 1 saturated heterocycles. The van der Waals surface area contributed by atoms with Gasteiger partial charge in [-0.1, -0.05) is 67.0 Å². The lowest BCUT2D eigenvalue weighted by molar-refractivity contribution is -0.201. The van der Waals surface area contributed by atoms with E-state index >= 15 is 0 Å². The molecule has 0 spiro atoms. The monoisotopic (exact) mass is 1110 g/mol. The Morgan fingerprint density at radius 2 is 1.63 bits per heavy atom.